The van der Waals surface area contributed by atoms with E-state index in [2.05, 4.69) is 20.2 Å². The highest BCUT2D eigenvalue weighted by atomic mass is 35.5. The zero-order chi connectivity index (χ0) is 40.8. The van der Waals surface area contributed by atoms with Crippen LogP contribution in [0.15, 0.2) is 0 Å². The number of amides is 3. The largest absolute Gasteiger partial charge is 0.435 e. The molecule has 6 rings (SSSR count). The van der Waals surface area contributed by atoms with E-state index in [1.165, 1.54) is 21.3 Å². The van der Waals surface area contributed by atoms with Gasteiger partial charge in [-0.15, -0.1) is 0 Å². The van der Waals surface area contributed by atoms with E-state index in [1.807, 2.05) is 0 Å². The van der Waals surface area contributed by atoms with E-state index >= 15 is 0 Å². The van der Waals surface area contributed by atoms with Crippen molar-refractivity contribution < 1.29 is 63.0 Å². The molecule has 13 nitrogen and oxygen atoms in total. The second kappa shape index (κ2) is 15.9. The number of ether oxygens (including phenoxy) is 2. The molecule has 55 heavy (non-hydrogen) atoms. The van der Waals surface area contributed by atoms with E-state index in [9.17, 15) is 53.5 Å². The molecule has 2 fully saturated rings. The molecule has 0 N–H and O–H groups in total. The molecule has 2 aliphatic rings. The molecule has 2 saturated heterocycles. The number of rotatable bonds is 12. The van der Waals surface area contributed by atoms with Gasteiger partial charge in [-0.2, -0.15) is 54.1 Å². The summed E-state index contributed by atoms with van der Waals surface area (Å²) < 4.78 is 144. The topological polar surface area (TPSA) is 123 Å². The third-order valence-electron chi connectivity index (χ3n) is 8.26. The van der Waals surface area contributed by atoms with Gasteiger partial charge in [-0.1, -0.05) is 22.7 Å². The summed E-state index contributed by atoms with van der Waals surface area (Å²) in [6, 6.07) is -1.61. The van der Waals surface area contributed by atoms with Crippen LogP contribution in [-0.4, -0.2) is 107 Å². The molecule has 2 unspecified atom stereocenters. The number of likely N-dealkylation sites (N-methyl/N-ethyl adjacent to an activating group) is 1. The lowest BCUT2D eigenvalue weighted by molar-refractivity contribution is -0.142. The van der Waals surface area contributed by atoms with Crippen LogP contribution in [0.1, 0.15) is 52.1 Å². The number of imidazole rings is 2. The molecule has 0 aromatic carbocycles. The van der Waals surface area contributed by atoms with Crippen molar-refractivity contribution in [3.63, 3.8) is 0 Å². The van der Waals surface area contributed by atoms with Gasteiger partial charge in [0, 0.05) is 53.6 Å². The lowest BCUT2D eigenvalue weighted by Crippen LogP contribution is -2.33. The van der Waals surface area contributed by atoms with Crippen LogP contribution in [0.4, 0.5) is 48.7 Å². The minimum Gasteiger partial charge on any atom is -0.377 e. The van der Waals surface area contributed by atoms with Gasteiger partial charge in [-0.05, 0) is 29.1 Å². The van der Waals surface area contributed by atoms with Crippen molar-refractivity contribution in [3.05, 3.63) is 32.8 Å². The Bertz CT molecular complexity index is 2010. The Morgan fingerprint density at radius 3 is 1.60 bits per heavy atom. The minimum absolute atomic E-state index is 0.00165. The number of nitrogens with zero attached hydrogens (tertiary/aromatic N) is 9. The molecule has 0 radical (unpaired) electrons. The first-order valence-corrected chi connectivity index (χ1v) is 18.1. The lowest BCUT2D eigenvalue weighted by atomic mass is 10.1. The first kappa shape index (κ1) is 42.9. The number of carbonyl (C=O) groups is 2. The van der Waals surface area contributed by atoms with Crippen LogP contribution in [0, 0.1) is 5.92 Å². The molecule has 0 aliphatic carbocycles. The normalized spacial score (nSPS) is 18.8. The van der Waals surface area contributed by atoms with Gasteiger partial charge >= 0.3 is 29.1 Å². The van der Waals surface area contributed by atoms with E-state index in [0.29, 0.717) is 10.0 Å². The Balaban J connectivity index is 0.000000211. The molecule has 27 heteroatoms. The predicted octanol–water partition coefficient (Wildman–Crippen LogP) is 6.94. The molecule has 4 aromatic heterocycles. The maximum atomic E-state index is 13.4. The molecule has 4 aromatic rings. The van der Waals surface area contributed by atoms with Crippen LogP contribution in [0.3, 0.4) is 0 Å². The molecular weight excluding hydrogens is 851 g/mol. The van der Waals surface area contributed by atoms with E-state index in [0.717, 1.165) is 46.4 Å². The number of hydrogen-bond acceptors (Lipinski definition) is 10. The first-order chi connectivity index (χ1) is 25.4. The average molecular weight is 881 g/mol. The van der Waals surface area contributed by atoms with Crippen molar-refractivity contribution in [2.45, 2.75) is 74.7 Å². The summed E-state index contributed by atoms with van der Waals surface area (Å²) in [5, 5.41) is 1.94. The van der Waals surface area contributed by atoms with Crippen molar-refractivity contribution in [3.8, 4) is 0 Å². The smallest absolute Gasteiger partial charge is 0.377 e. The SMILES string of the molecule is COCc1nn2c(CN3CC(CC(F)(F)Cl)CC3=O)c(C(F)(F)F)nc2s1.COCc1nn2c(CN3CC(CC(F)(F)Cl)N(C)C3=O)c(C(F)(F)F)nc2s1. The summed E-state index contributed by atoms with van der Waals surface area (Å²) in [7, 11) is 4.13. The van der Waals surface area contributed by atoms with Crippen molar-refractivity contribution in [2.75, 3.05) is 34.4 Å². The van der Waals surface area contributed by atoms with Crippen LogP contribution in [0.25, 0.3) is 9.92 Å². The van der Waals surface area contributed by atoms with Gasteiger partial charge in [0.05, 0.1) is 43.7 Å². The van der Waals surface area contributed by atoms with E-state index in [4.69, 9.17) is 32.7 Å². The Morgan fingerprint density at radius 2 is 1.18 bits per heavy atom. The van der Waals surface area contributed by atoms with Crippen LogP contribution >= 0.6 is 45.9 Å². The number of fused-ring (bicyclic) bond motifs is 2. The molecule has 6 heterocycles. The Labute approximate surface area is 321 Å². The zero-order valence-corrected chi connectivity index (χ0v) is 31.7. The number of halogens is 12. The summed E-state index contributed by atoms with van der Waals surface area (Å²) >= 11 is 11.7. The van der Waals surface area contributed by atoms with Crippen molar-refractivity contribution >= 4 is 67.7 Å². The summed E-state index contributed by atoms with van der Waals surface area (Å²) in [6.07, 6.45) is -11.2. The van der Waals surface area contributed by atoms with E-state index < -0.39 is 84.3 Å². The highest BCUT2D eigenvalue weighted by molar-refractivity contribution is 7.17. The fourth-order valence-electron chi connectivity index (χ4n) is 6.03. The van der Waals surface area contributed by atoms with Gasteiger partial charge in [0.2, 0.25) is 15.8 Å². The number of urea groups is 1. The monoisotopic (exact) mass is 879 g/mol. The molecule has 0 saturated carbocycles. The van der Waals surface area contributed by atoms with E-state index in [-0.39, 0.29) is 54.0 Å². The number of aromatic nitrogens is 6. The van der Waals surface area contributed by atoms with Crippen molar-refractivity contribution in [2.24, 2.45) is 5.92 Å². The summed E-state index contributed by atoms with van der Waals surface area (Å²) in [6.45, 7) is -1.04. The summed E-state index contributed by atoms with van der Waals surface area (Å²) in [5.74, 6) is -1.25. The van der Waals surface area contributed by atoms with E-state index in [1.54, 1.807) is 0 Å². The van der Waals surface area contributed by atoms with Crippen LogP contribution in [0.5, 0.6) is 0 Å². The standard InChI is InChI=1S/C14H15ClF5N5O2S.C14H14ClF5N4O2S/c1-23-7(3-13(15,16)17)4-24(12(23)26)5-8-10(14(18,19)20)21-11-25(8)22-9(28-11)6-27-2;1-26-6-9-22-24-8(11(14(18,19)20)21-12(24)27-9)5-23-4-7(2-10(23)25)3-13(15,16)17/h7H,3-6H2,1-2H3;7H,2-6H2,1H3. The van der Waals surface area contributed by atoms with Gasteiger partial charge in [-0.25, -0.2) is 23.8 Å². The Kier molecular flexibility index (Phi) is 12.4. The second-order valence-corrected chi connectivity index (χ2v) is 15.7. The van der Waals surface area contributed by atoms with Gasteiger partial charge in [-0.3, -0.25) is 4.79 Å². The van der Waals surface area contributed by atoms with Gasteiger partial charge in [0.15, 0.2) is 11.4 Å². The number of likely N-dealkylation sites (tertiary alicyclic amines) is 1. The van der Waals surface area contributed by atoms with Crippen LogP contribution in [0.2, 0.25) is 0 Å². The fourth-order valence-corrected chi connectivity index (χ4v) is 8.19. The Morgan fingerprint density at radius 1 is 0.727 bits per heavy atom. The van der Waals surface area contributed by atoms with Crippen molar-refractivity contribution in [1.82, 2.24) is 43.9 Å². The van der Waals surface area contributed by atoms with Crippen LogP contribution in [-0.2, 0) is 52.9 Å². The number of carbonyl (C=O) groups excluding carboxylic acids is 2. The highest BCUT2D eigenvalue weighted by Crippen LogP contribution is 2.38. The maximum absolute atomic E-state index is 13.4. The third-order valence-corrected chi connectivity index (χ3v) is 10.3. The van der Waals surface area contributed by atoms with Crippen molar-refractivity contribution in [1.29, 1.82) is 0 Å². The van der Waals surface area contributed by atoms with Gasteiger partial charge < -0.3 is 24.2 Å². The molecule has 2 aliphatic heterocycles. The molecule has 3 amide bonds. The Hall–Kier alpha value is -3.26. The number of methoxy groups -OCH3 is 2. The maximum Gasteiger partial charge on any atom is 0.435 e. The molecule has 306 valence electrons. The van der Waals surface area contributed by atoms with Crippen LogP contribution < -0.4 is 0 Å². The number of alkyl halides is 12. The molecular formula is C28H29Cl2F10N9O4S2. The average Bonchev–Trinajstić information content (AvgIpc) is 3.85. The first-order valence-electron chi connectivity index (χ1n) is 15.7. The quantitative estimate of drug-likeness (QED) is 0.111. The second-order valence-electron chi connectivity index (χ2n) is 12.5. The van der Waals surface area contributed by atoms with Gasteiger partial charge in [0.1, 0.15) is 10.0 Å². The molecule has 0 spiro atoms. The van der Waals surface area contributed by atoms with Gasteiger partial charge in [0.25, 0.3) is 0 Å². The minimum atomic E-state index is -4.76. The lowest BCUT2D eigenvalue weighted by Gasteiger charge is -2.19. The summed E-state index contributed by atoms with van der Waals surface area (Å²) in [4.78, 5) is 34.8. The fraction of sp³-hybridized carbons (Fsp3) is 0.643. The number of hydrogen-bond donors (Lipinski definition) is 0. The zero-order valence-electron chi connectivity index (χ0n) is 28.5. The molecule has 2 atom stereocenters. The predicted molar refractivity (Wildman–Crippen MR) is 175 cm³/mol. The molecule has 0 bridgehead atoms. The third kappa shape index (κ3) is 10.2. The highest BCUT2D eigenvalue weighted by Gasteiger charge is 2.45. The summed E-state index contributed by atoms with van der Waals surface area (Å²) in [5.41, 5.74) is -2.98.